The average molecular weight is 489 g/mol. The van der Waals surface area contributed by atoms with Crippen molar-refractivity contribution in [2.24, 2.45) is 7.05 Å². The molecule has 0 aliphatic rings. The quantitative estimate of drug-likeness (QED) is 0.430. The van der Waals surface area contributed by atoms with Crippen molar-refractivity contribution in [3.8, 4) is 5.75 Å². The van der Waals surface area contributed by atoms with Gasteiger partial charge >= 0.3 is 0 Å². The Kier molecular flexibility index (Phi) is 8.15. The zero-order valence-electron chi connectivity index (χ0n) is 19.1. The van der Waals surface area contributed by atoms with E-state index in [1.54, 1.807) is 60.1 Å². The number of amides is 1. The number of ether oxygens (including phenoxy) is 1. The fourth-order valence-electron chi connectivity index (χ4n) is 3.05. The van der Waals surface area contributed by atoms with Gasteiger partial charge < -0.3 is 14.6 Å². The molecule has 10 heteroatoms. The number of aryl methyl sites for hydroxylation is 1. The van der Waals surface area contributed by atoms with Crippen molar-refractivity contribution in [1.82, 2.24) is 14.8 Å². The zero-order chi connectivity index (χ0) is 24.0. The highest BCUT2D eigenvalue weighted by molar-refractivity contribution is 8.00. The molecule has 8 nitrogen and oxygen atoms in total. The van der Waals surface area contributed by atoms with Crippen molar-refractivity contribution in [1.29, 1.82) is 0 Å². The fraction of sp³-hybridized carbons (Fsp3) is 0.348. The van der Waals surface area contributed by atoms with Gasteiger partial charge in [-0.05, 0) is 56.7 Å². The highest BCUT2D eigenvalue weighted by atomic mass is 32.2. The Bertz CT molecular complexity index is 1190. The van der Waals surface area contributed by atoms with E-state index in [9.17, 15) is 13.2 Å². The molecule has 1 N–H and O–H groups in total. The van der Waals surface area contributed by atoms with Crippen LogP contribution in [-0.4, -0.2) is 40.9 Å². The lowest BCUT2D eigenvalue weighted by Crippen LogP contribution is -2.25. The zero-order valence-corrected chi connectivity index (χ0v) is 20.7. The van der Waals surface area contributed by atoms with Gasteiger partial charge in [0.15, 0.2) is 15.0 Å². The number of nitrogens with one attached hydrogen (secondary N) is 1. The molecule has 0 aliphatic carbocycles. The van der Waals surface area contributed by atoms with Crippen LogP contribution < -0.4 is 10.1 Å². The van der Waals surface area contributed by atoms with E-state index >= 15 is 0 Å². The number of anilines is 1. The van der Waals surface area contributed by atoms with Gasteiger partial charge in [-0.1, -0.05) is 36.4 Å². The second-order valence-electron chi connectivity index (χ2n) is 7.49. The van der Waals surface area contributed by atoms with Crippen LogP contribution in [0.3, 0.4) is 0 Å². The van der Waals surface area contributed by atoms with Gasteiger partial charge in [-0.2, -0.15) is 0 Å². The van der Waals surface area contributed by atoms with Crippen molar-refractivity contribution in [2.75, 3.05) is 11.9 Å². The smallest absolute Gasteiger partial charge is 0.237 e. The summed E-state index contributed by atoms with van der Waals surface area (Å²) >= 11 is 1.26. The first-order chi connectivity index (χ1) is 15.7. The lowest BCUT2D eigenvalue weighted by molar-refractivity contribution is -0.115. The number of rotatable bonds is 10. The van der Waals surface area contributed by atoms with E-state index in [4.69, 9.17) is 4.74 Å². The molecular formula is C23H28N4O4S2. The molecule has 0 bridgehead atoms. The first-order valence-electron chi connectivity index (χ1n) is 10.6. The molecule has 0 aliphatic heterocycles. The molecule has 1 atom stereocenters. The average Bonchev–Trinajstić information content (AvgIpc) is 3.12. The van der Waals surface area contributed by atoms with Crippen LogP contribution in [0.15, 0.2) is 58.6 Å². The molecule has 0 spiro atoms. The minimum atomic E-state index is -3.56. The normalized spacial score (nSPS) is 12.4. The van der Waals surface area contributed by atoms with E-state index in [1.165, 1.54) is 11.8 Å². The van der Waals surface area contributed by atoms with Gasteiger partial charge in [0, 0.05) is 12.7 Å². The standard InChI is InChI=1S/C23H28N4O4S2/c1-5-20(22(28)24-17-9-11-18(12-10-17)31-6-2)32-23-26-25-21(27(23)4)15-33(29,30)19-13-7-16(3)8-14-19/h7-14,20H,5-6,15H2,1-4H3,(H,24,28). The molecule has 1 unspecified atom stereocenters. The summed E-state index contributed by atoms with van der Waals surface area (Å²) in [6, 6.07) is 13.9. The summed E-state index contributed by atoms with van der Waals surface area (Å²) in [5, 5.41) is 11.2. The molecule has 1 aromatic heterocycles. The number of benzene rings is 2. The molecule has 3 aromatic rings. The maximum atomic E-state index is 12.8. The molecule has 176 valence electrons. The summed E-state index contributed by atoms with van der Waals surface area (Å²) in [4.78, 5) is 13.0. The summed E-state index contributed by atoms with van der Waals surface area (Å²) in [5.74, 6) is 0.627. The number of carbonyl (C=O) groups is 1. The summed E-state index contributed by atoms with van der Waals surface area (Å²) in [6.45, 7) is 6.30. The van der Waals surface area contributed by atoms with Crippen molar-refractivity contribution < 1.29 is 17.9 Å². The van der Waals surface area contributed by atoms with Crippen LogP contribution in [0, 0.1) is 6.92 Å². The van der Waals surface area contributed by atoms with Crippen LogP contribution in [0.2, 0.25) is 0 Å². The lowest BCUT2D eigenvalue weighted by atomic mass is 10.2. The number of hydrogen-bond donors (Lipinski definition) is 1. The van der Waals surface area contributed by atoms with Crippen LogP contribution in [-0.2, 0) is 27.4 Å². The number of sulfone groups is 1. The van der Waals surface area contributed by atoms with E-state index < -0.39 is 15.1 Å². The fourth-order valence-corrected chi connectivity index (χ4v) is 5.29. The van der Waals surface area contributed by atoms with Gasteiger partial charge in [0.05, 0.1) is 16.8 Å². The Morgan fingerprint density at radius 3 is 2.36 bits per heavy atom. The van der Waals surface area contributed by atoms with Gasteiger partial charge in [0.2, 0.25) is 5.91 Å². The Labute approximate surface area is 198 Å². The number of hydrogen-bond acceptors (Lipinski definition) is 7. The van der Waals surface area contributed by atoms with Crippen molar-refractivity contribution in [3.05, 3.63) is 59.9 Å². The Morgan fingerprint density at radius 2 is 1.76 bits per heavy atom. The Morgan fingerprint density at radius 1 is 1.09 bits per heavy atom. The first-order valence-corrected chi connectivity index (χ1v) is 13.1. The number of nitrogens with zero attached hydrogens (tertiary/aromatic N) is 3. The summed E-state index contributed by atoms with van der Waals surface area (Å²) < 4.78 is 32.6. The molecule has 3 rings (SSSR count). The van der Waals surface area contributed by atoms with Crippen molar-refractivity contribution in [2.45, 2.75) is 48.2 Å². The van der Waals surface area contributed by atoms with E-state index in [-0.39, 0.29) is 16.6 Å². The SMILES string of the molecule is CCOc1ccc(NC(=O)C(CC)Sc2nnc(CS(=O)(=O)c3ccc(C)cc3)n2C)cc1. The minimum absolute atomic E-state index is 0.163. The maximum absolute atomic E-state index is 12.8. The third-order valence-corrected chi connectivity index (χ3v) is 7.99. The van der Waals surface area contributed by atoms with Crippen LogP contribution in [0.5, 0.6) is 5.75 Å². The molecule has 2 aromatic carbocycles. The topological polar surface area (TPSA) is 103 Å². The third-order valence-electron chi connectivity index (χ3n) is 4.97. The van der Waals surface area contributed by atoms with Crippen molar-refractivity contribution in [3.63, 3.8) is 0 Å². The molecule has 0 saturated carbocycles. The van der Waals surface area contributed by atoms with Gasteiger partial charge in [0.1, 0.15) is 17.3 Å². The summed E-state index contributed by atoms with van der Waals surface area (Å²) in [5.41, 5.74) is 1.66. The predicted octanol–water partition coefficient (Wildman–Crippen LogP) is 4.01. The number of aromatic nitrogens is 3. The van der Waals surface area contributed by atoms with E-state index in [2.05, 4.69) is 15.5 Å². The lowest BCUT2D eigenvalue weighted by Gasteiger charge is -2.14. The molecule has 33 heavy (non-hydrogen) atoms. The maximum Gasteiger partial charge on any atom is 0.237 e. The van der Waals surface area contributed by atoms with Gasteiger partial charge in [0.25, 0.3) is 0 Å². The van der Waals surface area contributed by atoms with Crippen LogP contribution >= 0.6 is 11.8 Å². The second-order valence-corrected chi connectivity index (χ2v) is 10.7. The number of thioether (sulfide) groups is 1. The van der Waals surface area contributed by atoms with Gasteiger partial charge in [-0.25, -0.2) is 8.42 Å². The van der Waals surface area contributed by atoms with Crippen LogP contribution in [0.25, 0.3) is 0 Å². The third kappa shape index (κ3) is 6.35. The monoisotopic (exact) mass is 488 g/mol. The Hall–Kier alpha value is -2.85. The highest BCUT2D eigenvalue weighted by Gasteiger charge is 2.24. The van der Waals surface area contributed by atoms with E-state index in [0.717, 1.165) is 11.3 Å². The molecular weight excluding hydrogens is 460 g/mol. The second kappa shape index (κ2) is 10.8. The van der Waals surface area contributed by atoms with Gasteiger partial charge in [-0.3, -0.25) is 4.79 Å². The molecule has 1 amide bonds. The highest BCUT2D eigenvalue weighted by Crippen LogP contribution is 2.27. The minimum Gasteiger partial charge on any atom is -0.494 e. The summed E-state index contributed by atoms with van der Waals surface area (Å²) in [7, 11) is -1.85. The van der Waals surface area contributed by atoms with E-state index in [0.29, 0.717) is 29.7 Å². The van der Waals surface area contributed by atoms with Gasteiger partial charge in [-0.15, -0.1) is 10.2 Å². The number of carbonyl (C=O) groups excluding carboxylic acids is 1. The molecule has 1 heterocycles. The molecule has 0 radical (unpaired) electrons. The molecule has 0 fully saturated rings. The predicted molar refractivity (Wildman–Crippen MR) is 129 cm³/mol. The van der Waals surface area contributed by atoms with Crippen LogP contribution in [0.4, 0.5) is 5.69 Å². The summed E-state index contributed by atoms with van der Waals surface area (Å²) in [6.07, 6.45) is 0.567. The first kappa shape index (κ1) is 24.8. The molecule has 0 saturated heterocycles. The van der Waals surface area contributed by atoms with E-state index in [1.807, 2.05) is 20.8 Å². The van der Waals surface area contributed by atoms with Crippen molar-refractivity contribution >= 4 is 33.2 Å². The van der Waals surface area contributed by atoms with Crippen LogP contribution in [0.1, 0.15) is 31.7 Å². The Balaban J connectivity index is 1.68. The largest absolute Gasteiger partial charge is 0.494 e.